The summed E-state index contributed by atoms with van der Waals surface area (Å²) in [5, 5.41) is 3.06. The molecule has 20 heavy (non-hydrogen) atoms. The summed E-state index contributed by atoms with van der Waals surface area (Å²) in [6, 6.07) is 1.86. The number of likely N-dealkylation sites (tertiary alicyclic amines) is 1. The quantitative estimate of drug-likeness (QED) is 0.866. The first kappa shape index (κ1) is 15.0. The van der Waals surface area contributed by atoms with Gasteiger partial charge in [-0.3, -0.25) is 4.90 Å². The lowest BCUT2D eigenvalue weighted by Gasteiger charge is -2.26. The van der Waals surface area contributed by atoms with Crippen LogP contribution in [0.25, 0.3) is 0 Å². The largest absolute Gasteiger partial charge is 0.476 e. The predicted molar refractivity (Wildman–Crippen MR) is 81.5 cm³/mol. The number of piperidine rings is 1. The fraction of sp³-hybridized carbons (Fsp3) is 0.733. The van der Waals surface area contributed by atoms with E-state index in [2.05, 4.69) is 34.0 Å². The van der Waals surface area contributed by atoms with Gasteiger partial charge in [-0.15, -0.1) is 0 Å². The minimum atomic E-state index is 0.299. The molecule has 0 aliphatic carbocycles. The second-order valence-electron chi connectivity index (χ2n) is 5.61. The highest BCUT2D eigenvalue weighted by Gasteiger charge is 2.11. The molecule has 0 unspecified atom stereocenters. The fourth-order valence-electron chi connectivity index (χ4n) is 2.37. The van der Waals surface area contributed by atoms with E-state index < -0.39 is 0 Å². The monoisotopic (exact) mass is 278 g/mol. The Kier molecular flexibility index (Phi) is 5.59. The maximum Gasteiger partial charge on any atom is 0.218 e. The molecule has 1 aromatic rings. The van der Waals surface area contributed by atoms with Crippen LogP contribution in [-0.4, -0.2) is 48.2 Å². The Morgan fingerprint density at radius 2 is 2.00 bits per heavy atom. The maximum atomic E-state index is 5.81. The van der Waals surface area contributed by atoms with Crippen molar-refractivity contribution >= 4 is 5.82 Å². The molecule has 2 rings (SSSR count). The normalized spacial score (nSPS) is 16.4. The maximum absolute atomic E-state index is 5.81. The molecule has 0 amide bonds. The van der Waals surface area contributed by atoms with Crippen LogP contribution in [0.3, 0.4) is 0 Å². The summed E-state index contributed by atoms with van der Waals surface area (Å²) in [7, 11) is 1.87. The third-order valence-electron chi connectivity index (χ3n) is 3.60. The Morgan fingerprint density at radius 3 is 2.65 bits per heavy atom. The van der Waals surface area contributed by atoms with E-state index in [-0.39, 0.29) is 0 Å². The molecule has 0 saturated carbocycles. The summed E-state index contributed by atoms with van der Waals surface area (Å²) >= 11 is 0. The van der Waals surface area contributed by atoms with Crippen LogP contribution in [0.1, 0.15) is 44.9 Å². The van der Waals surface area contributed by atoms with Crippen LogP contribution in [0.15, 0.2) is 6.07 Å². The van der Waals surface area contributed by atoms with E-state index in [1.54, 1.807) is 0 Å². The highest BCUT2D eigenvalue weighted by molar-refractivity contribution is 5.38. The third-order valence-corrected chi connectivity index (χ3v) is 3.60. The summed E-state index contributed by atoms with van der Waals surface area (Å²) < 4.78 is 5.81. The van der Waals surface area contributed by atoms with Crippen molar-refractivity contribution < 1.29 is 4.74 Å². The number of nitrogens with one attached hydrogen (secondary N) is 1. The lowest BCUT2D eigenvalue weighted by Crippen LogP contribution is -2.33. The van der Waals surface area contributed by atoms with E-state index in [1.807, 2.05) is 13.1 Å². The van der Waals surface area contributed by atoms with Gasteiger partial charge < -0.3 is 10.1 Å². The van der Waals surface area contributed by atoms with E-state index in [9.17, 15) is 0 Å². The summed E-state index contributed by atoms with van der Waals surface area (Å²) in [4.78, 5) is 11.4. The van der Waals surface area contributed by atoms with Crippen molar-refractivity contribution in [2.75, 3.05) is 38.6 Å². The van der Waals surface area contributed by atoms with Crippen LogP contribution >= 0.6 is 0 Å². The van der Waals surface area contributed by atoms with Gasteiger partial charge in [-0.05, 0) is 25.9 Å². The number of rotatable bonds is 6. The number of hydrogen-bond acceptors (Lipinski definition) is 5. The Morgan fingerprint density at radius 1 is 1.25 bits per heavy atom. The number of anilines is 1. The smallest absolute Gasteiger partial charge is 0.218 e. The van der Waals surface area contributed by atoms with Crippen LogP contribution in [0, 0.1) is 0 Å². The van der Waals surface area contributed by atoms with Crippen LogP contribution < -0.4 is 10.1 Å². The summed E-state index contributed by atoms with van der Waals surface area (Å²) in [6.45, 7) is 8.25. The van der Waals surface area contributed by atoms with Gasteiger partial charge in [-0.1, -0.05) is 20.3 Å². The van der Waals surface area contributed by atoms with Gasteiger partial charge in [-0.2, -0.15) is 4.98 Å². The van der Waals surface area contributed by atoms with E-state index in [1.165, 1.54) is 32.4 Å². The Hall–Kier alpha value is -1.36. The zero-order chi connectivity index (χ0) is 14.4. The van der Waals surface area contributed by atoms with Gasteiger partial charge >= 0.3 is 0 Å². The molecule has 2 heterocycles. The molecule has 1 saturated heterocycles. The molecule has 0 atom stereocenters. The third kappa shape index (κ3) is 4.34. The van der Waals surface area contributed by atoms with Crippen LogP contribution in [-0.2, 0) is 0 Å². The Bertz CT molecular complexity index is 416. The standard InChI is InChI=1S/C15H26N4O/c1-12(2)15-17-13(16-3)11-14(18-15)20-10-9-19-7-5-4-6-8-19/h11-12H,4-10H2,1-3H3,(H,16,17,18). The number of ether oxygens (including phenoxy) is 1. The molecule has 0 radical (unpaired) electrons. The zero-order valence-electron chi connectivity index (χ0n) is 12.9. The molecule has 112 valence electrons. The first-order valence-corrected chi connectivity index (χ1v) is 7.61. The molecule has 5 heteroatoms. The highest BCUT2D eigenvalue weighted by atomic mass is 16.5. The fourth-order valence-corrected chi connectivity index (χ4v) is 2.37. The van der Waals surface area contributed by atoms with Crippen LogP contribution in [0.4, 0.5) is 5.82 Å². The minimum absolute atomic E-state index is 0.299. The van der Waals surface area contributed by atoms with Gasteiger partial charge in [0, 0.05) is 25.6 Å². The first-order chi connectivity index (χ1) is 9.69. The van der Waals surface area contributed by atoms with Crippen molar-refractivity contribution in [3.05, 3.63) is 11.9 Å². The molecule has 1 N–H and O–H groups in total. The SMILES string of the molecule is CNc1cc(OCCN2CCCCC2)nc(C(C)C)n1. The molecule has 1 fully saturated rings. The van der Waals surface area contributed by atoms with Gasteiger partial charge in [0.2, 0.25) is 5.88 Å². The molecule has 1 aromatic heterocycles. The van der Waals surface area contributed by atoms with Crippen molar-refractivity contribution in [1.29, 1.82) is 0 Å². The Balaban J connectivity index is 1.89. The Labute approximate surface area is 121 Å². The lowest BCUT2D eigenvalue weighted by atomic mass is 10.1. The van der Waals surface area contributed by atoms with Gasteiger partial charge in [-0.25, -0.2) is 4.98 Å². The average molecular weight is 278 g/mol. The van der Waals surface area contributed by atoms with Crippen molar-refractivity contribution in [3.8, 4) is 5.88 Å². The molecule has 0 aromatic carbocycles. The van der Waals surface area contributed by atoms with Gasteiger partial charge in [0.15, 0.2) is 0 Å². The van der Waals surface area contributed by atoms with E-state index in [4.69, 9.17) is 4.74 Å². The van der Waals surface area contributed by atoms with Crippen molar-refractivity contribution in [1.82, 2.24) is 14.9 Å². The number of nitrogens with zero attached hydrogens (tertiary/aromatic N) is 3. The predicted octanol–water partition coefficient (Wildman–Crippen LogP) is 2.51. The second kappa shape index (κ2) is 7.43. The lowest BCUT2D eigenvalue weighted by molar-refractivity contribution is 0.180. The summed E-state index contributed by atoms with van der Waals surface area (Å²) in [5.74, 6) is 2.61. The molecule has 1 aliphatic rings. The molecule has 5 nitrogen and oxygen atoms in total. The molecular weight excluding hydrogens is 252 g/mol. The van der Waals surface area contributed by atoms with E-state index in [0.717, 1.165) is 18.2 Å². The number of hydrogen-bond donors (Lipinski definition) is 1. The highest BCUT2D eigenvalue weighted by Crippen LogP contribution is 2.18. The van der Waals surface area contributed by atoms with Crippen molar-refractivity contribution in [3.63, 3.8) is 0 Å². The zero-order valence-corrected chi connectivity index (χ0v) is 12.9. The second-order valence-corrected chi connectivity index (χ2v) is 5.61. The number of aromatic nitrogens is 2. The molecule has 0 bridgehead atoms. The van der Waals surface area contributed by atoms with Gasteiger partial charge in [0.05, 0.1) is 0 Å². The average Bonchev–Trinajstić information content (AvgIpc) is 2.48. The summed E-state index contributed by atoms with van der Waals surface area (Å²) in [6.07, 6.45) is 4.00. The molecule has 0 spiro atoms. The van der Waals surface area contributed by atoms with Gasteiger partial charge in [0.25, 0.3) is 0 Å². The minimum Gasteiger partial charge on any atom is -0.476 e. The van der Waals surface area contributed by atoms with Crippen LogP contribution in [0.2, 0.25) is 0 Å². The van der Waals surface area contributed by atoms with Crippen molar-refractivity contribution in [2.24, 2.45) is 0 Å². The van der Waals surface area contributed by atoms with E-state index in [0.29, 0.717) is 18.4 Å². The van der Waals surface area contributed by atoms with Crippen LogP contribution in [0.5, 0.6) is 5.88 Å². The molecular formula is C15H26N4O. The summed E-state index contributed by atoms with van der Waals surface area (Å²) in [5.41, 5.74) is 0. The van der Waals surface area contributed by atoms with Gasteiger partial charge in [0.1, 0.15) is 18.2 Å². The first-order valence-electron chi connectivity index (χ1n) is 7.61. The van der Waals surface area contributed by atoms with Crippen molar-refractivity contribution in [2.45, 2.75) is 39.0 Å². The van der Waals surface area contributed by atoms with E-state index >= 15 is 0 Å². The molecule has 1 aliphatic heterocycles. The topological polar surface area (TPSA) is 50.3 Å².